The molecule has 0 saturated heterocycles. The number of carbonyl (C=O) groups excluding carboxylic acids is 1. The van der Waals surface area contributed by atoms with Crippen LogP contribution in [0.1, 0.15) is 62.7 Å². The Bertz CT molecular complexity index is 408. The van der Waals surface area contributed by atoms with Gasteiger partial charge in [-0.2, -0.15) is 0 Å². The second-order valence-corrected chi connectivity index (χ2v) is 5.41. The van der Waals surface area contributed by atoms with Crippen molar-refractivity contribution < 1.29 is 9.53 Å². The van der Waals surface area contributed by atoms with E-state index in [2.05, 4.69) is 6.92 Å². The normalized spacial score (nSPS) is 23.1. The highest BCUT2D eigenvalue weighted by atomic mass is 16.5. The van der Waals surface area contributed by atoms with E-state index in [1.807, 2.05) is 31.2 Å². The van der Waals surface area contributed by atoms with Gasteiger partial charge in [-0.3, -0.25) is 4.79 Å². The molecule has 0 amide bonds. The second kappa shape index (κ2) is 6.74. The molecule has 2 rings (SSSR count). The number of benzene rings is 1. The molecule has 1 aliphatic rings. The molecule has 1 fully saturated rings. The fourth-order valence-electron chi connectivity index (χ4n) is 2.89. The van der Waals surface area contributed by atoms with Crippen molar-refractivity contribution in [1.82, 2.24) is 0 Å². The molecule has 1 aromatic rings. The molecule has 0 aromatic heterocycles. The standard InChI is InChI=1S/C17H24O2/c1-3-13-7-5-6-8-17(13)19-15-11-9-14(10-12-15)16(18)4-2/h9-13,17H,3-8H2,1-2H3. The summed E-state index contributed by atoms with van der Waals surface area (Å²) in [7, 11) is 0. The molecule has 2 heteroatoms. The fourth-order valence-corrected chi connectivity index (χ4v) is 2.89. The van der Waals surface area contributed by atoms with Crippen molar-refractivity contribution in [2.75, 3.05) is 0 Å². The number of carbonyl (C=O) groups is 1. The van der Waals surface area contributed by atoms with Gasteiger partial charge in [-0.15, -0.1) is 0 Å². The summed E-state index contributed by atoms with van der Waals surface area (Å²) in [6.07, 6.45) is 7.15. The minimum Gasteiger partial charge on any atom is -0.490 e. The number of hydrogen-bond acceptors (Lipinski definition) is 2. The van der Waals surface area contributed by atoms with E-state index in [1.54, 1.807) is 0 Å². The summed E-state index contributed by atoms with van der Waals surface area (Å²) in [5.74, 6) is 1.78. The molecule has 0 aliphatic heterocycles. The van der Waals surface area contributed by atoms with Crippen molar-refractivity contribution in [3.8, 4) is 5.75 Å². The molecule has 1 aliphatic carbocycles. The molecule has 0 N–H and O–H groups in total. The third kappa shape index (κ3) is 3.59. The first-order valence-corrected chi connectivity index (χ1v) is 7.54. The van der Waals surface area contributed by atoms with E-state index < -0.39 is 0 Å². The van der Waals surface area contributed by atoms with Crippen molar-refractivity contribution in [2.45, 2.75) is 58.5 Å². The Morgan fingerprint density at radius 1 is 1.16 bits per heavy atom. The lowest BCUT2D eigenvalue weighted by Gasteiger charge is -2.31. The summed E-state index contributed by atoms with van der Waals surface area (Å²) in [5, 5.41) is 0. The molecular formula is C17H24O2. The number of ether oxygens (including phenoxy) is 1. The minimum atomic E-state index is 0.190. The van der Waals surface area contributed by atoms with Crippen LogP contribution < -0.4 is 4.74 Å². The third-order valence-corrected chi connectivity index (χ3v) is 4.15. The van der Waals surface area contributed by atoms with Gasteiger partial charge in [0.2, 0.25) is 0 Å². The molecule has 104 valence electrons. The molecule has 2 atom stereocenters. The summed E-state index contributed by atoms with van der Waals surface area (Å²) in [6, 6.07) is 7.63. The highest BCUT2D eigenvalue weighted by Gasteiger charge is 2.25. The monoisotopic (exact) mass is 260 g/mol. The summed E-state index contributed by atoms with van der Waals surface area (Å²) in [6.45, 7) is 4.13. The fraction of sp³-hybridized carbons (Fsp3) is 0.588. The van der Waals surface area contributed by atoms with E-state index in [-0.39, 0.29) is 5.78 Å². The molecule has 0 spiro atoms. The van der Waals surface area contributed by atoms with Crippen LogP contribution in [0.3, 0.4) is 0 Å². The molecule has 0 heterocycles. The van der Waals surface area contributed by atoms with Crippen molar-refractivity contribution in [1.29, 1.82) is 0 Å². The van der Waals surface area contributed by atoms with Crippen molar-refractivity contribution in [3.05, 3.63) is 29.8 Å². The predicted molar refractivity (Wildman–Crippen MR) is 77.7 cm³/mol. The van der Waals surface area contributed by atoms with E-state index >= 15 is 0 Å². The van der Waals surface area contributed by atoms with Crippen molar-refractivity contribution >= 4 is 5.78 Å². The van der Waals surface area contributed by atoms with Gasteiger partial charge in [-0.05, 0) is 55.9 Å². The molecule has 1 saturated carbocycles. The molecule has 2 nitrogen and oxygen atoms in total. The highest BCUT2D eigenvalue weighted by molar-refractivity contribution is 5.95. The van der Waals surface area contributed by atoms with Gasteiger partial charge in [0.15, 0.2) is 5.78 Å². The summed E-state index contributed by atoms with van der Waals surface area (Å²) in [4.78, 5) is 11.6. The first kappa shape index (κ1) is 14.1. The predicted octanol–water partition coefficient (Wildman–Crippen LogP) is 4.63. The Morgan fingerprint density at radius 2 is 1.84 bits per heavy atom. The average Bonchev–Trinajstić information content (AvgIpc) is 2.48. The molecule has 2 unspecified atom stereocenters. The molecular weight excluding hydrogens is 236 g/mol. The van der Waals surface area contributed by atoms with Gasteiger partial charge in [0, 0.05) is 12.0 Å². The lowest BCUT2D eigenvalue weighted by molar-refractivity contribution is 0.0903. The van der Waals surface area contributed by atoms with Gasteiger partial charge in [0.25, 0.3) is 0 Å². The number of hydrogen-bond donors (Lipinski definition) is 0. The lowest BCUT2D eigenvalue weighted by atomic mass is 9.85. The molecule has 1 aromatic carbocycles. The van der Waals surface area contributed by atoms with Gasteiger partial charge in [-0.1, -0.05) is 20.3 Å². The van der Waals surface area contributed by atoms with Gasteiger partial charge in [0.1, 0.15) is 11.9 Å². The molecule has 0 bridgehead atoms. The number of ketones is 1. The SMILES string of the molecule is CCC(=O)c1ccc(OC2CCCCC2CC)cc1. The van der Waals surface area contributed by atoms with Gasteiger partial charge < -0.3 is 4.74 Å². The van der Waals surface area contributed by atoms with Crippen LogP contribution >= 0.6 is 0 Å². The first-order valence-electron chi connectivity index (χ1n) is 7.54. The van der Waals surface area contributed by atoms with Crippen LogP contribution in [0.15, 0.2) is 24.3 Å². The van der Waals surface area contributed by atoms with Crippen molar-refractivity contribution in [2.24, 2.45) is 5.92 Å². The van der Waals surface area contributed by atoms with Crippen LogP contribution in [0.4, 0.5) is 0 Å². The smallest absolute Gasteiger partial charge is 0.162 e. The zero-order valence-corrected chi connectivity index (χ0v) is 12.0. The summed E-state index contributed by atoms with van der Waals surface area (Å²) in [5.41, 5.74) is 0.783. The Kier molecular flexibility index (Phi) is 5.00. The van der Waals surface area contributed by atoms with Crippen molar-refractivity contribution in [3.63, 3.8) is 0 Å². The number of rotatable bonds is 5. The molecule has 19 heavy (non-hydrogen) atoms. The first-order chi connectivity index (χ1) is 9.24. The maximum atomic E-state index is 11.6. The third-order valence-electron chi connectivity index (χ3n) is 4.15. The highest BCUT2D eigenvalue weighted by Crippen LogP contribution is 2.30. The maximum Gasteiger partial charge on any atom is 0.162 e. The Hall–Kier alpha value is -1.31. The Morgan fingerprint density at radius 3 is 2.47 bits per heavy atom. The summed E-state index contributed by atoms with van der Waals surface area (Å²) >= 11 is 0. The van der Waals surface area contributed by atoms with Gasteiger partial charge in [-0.25, -0.2) is 0 Å². The quantitative estimate of drug-likeness (QED) is 0.722. The van der Waals surface area contributed by atoms with E-state index in [9.17, 15) is 4.79 Å². The van der Waals surface area contributed by atoms with E-state index in [0.29, 0.717) is 18.4 Å². The average molecular weight is 260 g/mol. The lowest BCUT2D eigenvalue weighted by Crippen LogP contribution is -2.29. The van der Waals surface area contributed by atoms with Gasteiger partial charge >= 0.3 is 0 Å². The minimum absolute atomic E-state index is 0.190. The zero-order chi connectivity index (χ0) is 13.7. The van der Waals surface area contributed by atoms with Crippen LogP contribution in [-0.2, 0) is 0 Å². The second-order valence-electron chi connectivity index (χ2n) is 5.41. The van der Waals surface area contributed by atoms with Crippen LogP contribution in [0, 0.1) is 5.92 Å². The summed E-state index contributed by atoms with van der Waals surface area (Å²) < 4.78 is 6.12. The van der Waals surface area contributed by atoms with Gasteiger partial charge in [0.05, 0.1) is 0 Å². The van der Waals surface area contributed by atoms with E-state index in [0.717, 1.165) is 17.7 Å². The van der Waals surface area contributed by atoms with E-state index in [1.165, 1.54) is 25.7 Å². The van der Waals surface area contributed by atoms with Crippen LogP contribution in [0.2, 0.25) is 0 Å². The topological polar surface area (TPSA) is 26.3 Å². The molecule has 0 radical (unpaired) electrons. The zero-order valence-electron chi connectivity index (χ0n) is 12.0. The van der Waals surface area contributed by atoms with Crippen LogP contribution in [0.5, 0.6) is 5.75 Å². The van der Waals surface area contributed by atoms with E-state index in [4.69, 9.17) is 4.74 Å². The Labute approximate surface area is 116 Å². The Balaban J connectivity index is 2.00. The van der Waals surface area contributed by atoms with Crippen LogP contribution in [-0.4, -0.2) is 11.9 Å². The maximum absolute atomic E-state index is 11.6. The number of Topliss-reactive ketones (excluding diaryl/α,β-unsaturated/α-hetero) is 1. The largest absolute Gasteiger partial charge is 0.490 e. The van der Waals surface area contributed by atoms with Crippen LogP contribution in [0.25, 0.3) is 0 Å².